The molecule has 3 rings (SSSR count). The van der Waals surface area contributed by atoms with Gasteiger partial charge in [0.25, 0.3) is 0 Å². The molecule has 0 aliphatic carbocycles. The molecule has 0 heterocycles. The first-order valence-electron chi connectivity index (χ1n) is 7.21. The average molecular weight is 307 g/mol. The third-order valence-electron chi connectivity index (χ3n) is 3.56. The normalized spacial score (nSPS) is 10.3. The van der Waals surface area contributed by atoms with Crippen molar-refractivity contribution >= 4 is 23.1 Å². The lowest BCUT2D eigenvalue weighted by molar-refractivity contribution is 0.628. The van der Waals surface area contributed by atoms with E-state index in [-0.39, 0.29) is 11.6 Å². The van der Waals surface area contributed by atoms with Crippen molar-refractivity contribution in [1.82, 2.24) is 0 Å². The van der Waals surface area contributed by atoms with Crippen LogP contribution in [-0.2, 0) is 0 Å². The number of anilines is 3. The van der Waals surface area contributed by atoms with Crippen molar-refractivity contribution in [3.63, 3.8) is 0 Å². The summed E-state index contributed by atoms with van der Waals surface area (Å²) in [6.45, 7) is 3.74. The van der Waals surface area contributed by atoms with E-state index < -0.39 is 0 Å². The molecule has 114 valence electrons. The molecule has 0 radical (unpaired) electrons. The van der Waals surface area contributed by atoms with Gasteiger partial charge in [-0.3, -0.25) is 0 Å². The molecule has 0 aliphatic heterocycles. The Hall–Kier alpha value is -2.94. The first-order chi connectivity index (χ1) is 11.2. The van der Waals surface area contributed by atoms with Crippen LogP contribution >= 0.6 is 0 Å². The Balaban J connectivity index is 2.10. The van der Waals surface area contributed by atoms with Gasteiger partial charge in [-0.2, -0.15) is 0 Å². The molecule has 3 aromatic carbocycles. The van der Waals surface area contributed by atoms with Crippen LogP contribution in [0.4, 0.5) is 25.8 Å². The van der Waals surface area contributed by atoms with Crippen LogP contribution in [0.3, 0.4) is 0 Å². The predicted octanol–water partition coefficient (Wildman–Crippen LogP) is 6.08. The van der Waals surface area contributed by atoms with Crippen LogP contribution in [0.2, 0.25) is 0 Å². The van der Waals surface area contributed by atoms with E-state index in [4.69, 9.17) is 0 Å². The van der Waals surface area contributed by atoms with E-state index in [0.717, 1.165) is 22.6 Å². The molecule has 0 aliphatic rings. The Morgan fingerprint density at radius 3 is 1.30 bits per heavy atom. The lowest BCUT2D eigenvalue weighted by Gasteiger charge is -2.25. The predicted molar refractivity (Wildman–Crippen MR) is 91.1 cm³/mol. The Bertz CT molecular complexity index is 745. The summed E-state index contributed by atoms with van der Waals surface area (Å²) in [5, 5.41) is 0. The van der Waals surface area contributed by atoms with Crippen LogP contribution in [-0.4, -0.2) is 0 Å². The summed E-state index contributed by atoms with van der Waals surface area (Å²) in [5.74, 6) is -0.593. The van der Waals surface area contributed by atoms with Crippen molar-refractivity contribution in [2.24, 2.45) is 0 Å². The molecule has 0 saturated carbocycles. The first kappa shape index (κ1) is 15.0. The third kappa shape index (κ3) is 3.29. The standard InChI is InChI=1S/C20H15F2N/c1-2-15-3-9-18(10-4-15)23(19-11-5-16(21)6-12-19)20-13-7-17(22)8-14-20/h2-14H,1H2. The van der Waals surface area contributed by atoms with Gasteiger partial charge < -0.3 is 4.90 Å². The SMILES string of the molecule is C=Cc1ccc(N(c2ccc(F)cc2)c2ccc(F)cc2)cc1. The Morgan fingerprint density at radius 1 is 0.609 bits per heavy atom. The van der Waals surface area contributed by atoms with Gasteiger partial charge in [-0.15, -0.1) is 0 Å². The highest BCUT2D eigenvalue weighted by Crippen LogP contribution is 2.34. The maximum atomic E-state index is 13.2. The molecule has 0 spiro atoms. The topological polar surface area (TPSA) is 3.24 Å². The summed E-state index contributed by atoms with van der Waals surface area (Å²) in [6, 6.07) is 20.2. The number of halogens is 2. The zero-order chi connectivity index (χ0) is 16.2. The van der Waals surface area contributed by atoms with Crippen LogP contribution in [0.15, 0.2) is 79.4 Å². The van der Waals surface area contributed by atoms with Crippen LogP contribution in [0.1, 0.15) is 5.56 Å². The fraction of sp³-hybridized carbons (Fsp3) is 0. The molecular formula is C20H15F2N. The number of nitrogens with zero attached hydrogens (tertiary/aromatic N) is 1. The van der Waals surface area contributed by atoms with Gasteiger partial charge in [0.2, 0.25) is 0 Å². The zero-order valence-corrected chi connectivity index (χ0v) is 12.4. The van der Waals surface area contributed by atoms with Gasteiger partial charge >= 0.3 is 0 Å². The van der Waals surface area contributed by atoms with Crippen molar-refractivity contribution in [2.45, 2.75) is 0 Å². The quantitative estimate of drug-likeness (QED) is 0.565. The van der Waals surface area contributed by atoms with Gasteiger partial charge in [-0.05, 0) is 66.2 Å². The lowest BCUT2D eigenvalue weighted by atomic mass is 10.1. The minimum atomic E-state index is -0.296. The molecule has 0 bridgehead atoms. The van der Waals surface area contributed by atoms with Crippen molar-refractivity contribution in [3.05, 3.63) is 96.6 Å². The van der Waals surface area contributed by atoms with E-state index in [1.807, 2.05) is 29.2 Å². The molecule has 0 atom stereocenters. The average Bonchev–Trinajstić information content (AvgIpc) is 2.59. The second-order valence-corrected chi connectivity index (χ2v) is 5.08. The minimum absolute atomic E-state index is 0.296. The number of hydrogen-bond acceptors (Lipinski definition) is 1. The molecule has 23 heavy (non-hydrogen) atoms. The number of rotatable bonds is 4. The zero-order valence-electron chi connectivity index (χ0n) is 12.4. The fourth-order valence-corrected chi connectivity index (χ4v) is 2.39. The van der Waals surface area contributed by atoms with Gasteiger partial charge in [0.15, 0.2) is 0 Å². The van der Waals surface area contributed by atoms with E-state index in [0.29, 0.717) is 0 Å². The minimum Gasteiger partial charge on any atom is -0.310 e. The van der Waals surface area contributed by atoms with Gasteiger partial charge in [-0.1, -0.05) is 24.8 Å². The largest absolute Gasteiger partial charge is 0.310 e. The van der Waals surface area contributed by atoms with E-state index in [1.165, 1.54) is 24.3 Å². The van der Waals surface area contributed by atoms with Crippen molar-refractivity contribution in [2.75, 3.05) is 4.90 Å². The maximum Gasteiger partial charge on any atom is 0.123 e. The van der Waals surface area contributed by atoms with Gasteiger partial charge in [-0.25, -0.2) is 8.78 Å². The van der Waals surface area contributed by atoms with Gasteiger partial charge in [0, 0.05) is 17.1 Å². The van der Waals surface area contributed by atoms with E-state index in [9.17, 15) is 8.78 Å². The van der Waals surface area contributed by atoms with Crippen molar-refractivity contribution in [1.29, 1.82) is 0 Å². The van der Waals surface area contributed by atoms with Crippen molar-refractivity contribution < 1.29 is 8.78 Å². The molecule has 3 heteroatoms. The smallest absolute Gasteiger partial charge is 0.123 e. The highest BCUT2D eigenvalue weighted by Gasteiger charge is 2.12. The number of benzene rings is 3. The molecule has 1 nitrogen and oxygen atoms in total. The summed E-state index contributed by atoms with van der Waals surface area (Å²) in [6.07, 6.45) is 1.77. The van der Waals surface area contributed by atoms with Gasteiger partial charge in [0.1, 0.15) is 11.6 Å². The highest BCUT2D eigenvalue weighted by molar-refractivity contribution is 5.76. The second-order valence-electron chi connectivity index (χ2n) is 5.08. The molecule has 0 fully saturated rings. The maximum absolute atomic E-state index is 13.2. The Labute approximate surface area is 134 Å². The van der Waals surface area contributed by atoms with Crippen molar-refractivity contribution in [3.8, 4) is 0 Å². The van der Waals surface area contributed by atoms with E-state index in [2.05, 4.69) is 6.58 Å². The van der Waals surface area contributed by atoms with E-state index in [1.54, 1.807) is 30.3 Å². The first-order valence-corrected chi connectivity index (χ1v) is 7.21. The van der Waals surface area contributed by atoms with Crippen LogP contribution in [0.5, 0.6) is 0 Å². The van der Waals surface area contributed by atoms with Crippen LogP contribution in [0.25, 0.3) is 6.08 Å². The van der Waals surface area contributed by atoms with Crippen LogP contribution in [0, 0.1) is 11.6 Å². The van der Waals surface area contributed by atoms with E-state index >= 15 is 0 Å². The Morgan fingerprint density at radius 2 is 0.957 bits per heavy atom. The summed E-state index contributed by atoms with van der Waals surface area (Å²) < 4.78 is 26.5. The van der Waals surface area contributed by atoms with Crippen LogP contribution < -0.4 is 4.90 Å². The fourth-order valence-electron chi connectivity index (χ4n) is 2.39. The summed E-state index contributed by atoms with van der Waals surface area (Å²) in [5.41, 5.74) is 3.49. The molecular weight excluding hydrogens is 292 g/mol. The molecule has 0 aromatic heterocycles. The Kier molecular flexibility index (Phi) is 4.20. The number of hydrogen-bond donors (Lipinski definition) is 0. The molecule has 0 unspecified atom stereocenters. The highest BCUT2D eigenvalue weighted by atomic mass is 19.1. The second kappa shape index (κ2) is 6.44. The third-order valence-corrected chi connectivity index (χ3v) is 3.56. The lowest BCUT2D eigenvalue weighted by Crippen LogP contribution is -2.09. The van der Waals surface area contributed by atoms with Gasteiger partial charge in [0.05, 0.1) is 0 Å². The molecule has 0 amide bonds. The summed E-state index contributed by atoms with van der Waals surface area (Å²) in [7, 11) is 0. The molecule has 3 aromatic rings. The summed E-state index contributed by atoms with van der Waals surface area (Å²) >= 11 is 0. The molecule has 0 saturated heterocycles. The summed E-state index contributed by atoms with van der Waals surface area (Å²) in [4.78, 5) is 1.94. The molecule has 0 N–H and O–H groups in total. The monoisotopic (exact) mass is 307 g/mol.